The molecule has 184 valence electrons. The highest BCUT2D eigenvalue weighted by Crippen LogP contribution is 2.22. The topological polar surface area (TPSA) is 81.7 Å². The zero-order valence-electron chi connectivity index (χ0n) is 20.3. The highest BCUT2D eigenvalue weighted by atomic mass is 19.1. The summed E-state index contributed by atoms with van der Waals surface area (Å²) in [6.07, 6.45) is 3.17. The molecule has 1 aliphatic heterocycles. The average molecular weight is 470 g/mol. The number of carbonyl (C=O) groups excluding carboxylic acids is 2. The molecule has 0 spiro atoms. The van der Waals surface area contributed by atoms with Crippen LogP contribution < -0.4 is 10.6 Å². The number of piperidine rings is 1. The Balaban J connectivity index is 1.46. The SMILES string of the molecule is CC(=O)c1cc(NC(O)N[C@H](C)CCN2CCC[C@@H](Cc3ccc(F)cc3)C2)cc(C(C)=O)c1. The van der Waals surface area contributed by atoms with Gasteiger partial charge in [-0.05, 0) is 101 Å². The largest absolute Gasteiger partial charge is 0.361 e. The third-order valence-corrected chi connectivity index (χ3v) is 6.41. The molecular formula is C27H36FN3O3. The lowest BCUT2D eigenvalue weighted by Crippen LogP contribution is -2.44. The van der Waals surface area contributed by atoms with Crippen LogP contribution >= 0.6 is 0 Å². The maximum Gasteiger partial charge on any atom is 0.181 e. The molecule has 1 unspecified atom stereocenters. The first kappa shape index (κ1) is 26.0. The number of carbonyl (C=O) groups is 2. The fraction of sp³-hybridized carbons (Fsp3) is 0.481. The zero-order chi connectivity index (χ0) is 24.7. The molecule has 34 heavy (non-hydrogen) atoms. The van der Waals surface area contributed by atoms with Crippen molar-refractivity contribution in [1.29, 1.82) is 0 Å². The molecule has 1 fully saturated rings. The molecule has 3 N–H and O–H groups in total. The lowest BCUT2D eigenvalue weighted by atomic mass is 9.91. The van der Waals surface area contributed by atoms with E-state index in [2.05, 4.69) is 15.5 Å². The summed E-state index contributed by atoms with van der Waals surface area (Å²) < 4.78 is 13.2. The average Bonchev–Trinajstić information content (AvgIpc) is 2.79. The predicted octanol–water partition coefficient (Wildman–Crippen LogP) is 4.24. The molecule has 3 atom stereocenters. The number of rotatable bonds is 11. The molecule has 2 aromatic rings. The number of aliphatic hydroxyl groups excluding tert-OH is 1. The Bertz CT molecular complexity index is 947. The molecule has 7 heteroatoms. The summed E-state index contributed by atoms with van der Waals surface area (Å²) in [7, 11) is 0. The van der Waals surface area contributed by atoms with Gasteiger partial charge in [0.1, 0.15) is 5.82 Å². The Labute approximate surface area is 201 Å². The Morgan fingerprint density at radius 2 is 1.76 bits per heavy atom. The van der Waals surface area contributed by atoms with Gasteiger partial charge in [-0.1, -0.05) is 12.1 Å². The van der Waals surface area contributed by atoms with Gasteiger partial charge in [-0.2, -0.15) is 0 Å². The molecule has 2 aromatic carbocycles. The molecule has 0 aliphatic carbocycles. The Hall–Kier alpha value is -2.61. The Morgan fingerprint density at radius 3 is 2.38 bits per heavy atom. The second-order valence-corrected chi connectivity index (χ2v) is 9.45. The van der Waals surface area contributed by atoms with Crippen LogP contribution in [0.4, 0.5) is 10.1 Å². The van der Waals surface area contributed by atoms with Crippen LogP contribution in [0.1, 0.15) is 66.3 Å². The van der Waals surface area contributed by atoms with Crippen molar-refractivity contribution in [3.8, 4) is 0 Å². The number of halogens is 1. The van der Waals surface area contributed by atoms with Crippen molar-refractivity contribution < 1.29 is 19.1 Å². The normalized spacial score (nSPS) is 18.3. The van der Waals surface area contributed by atoms with Gasteiger partial charge < -0.3 is 15.3 Å². The number of nitrogens with one attached hydrogen (secondary N) is 2. The first-order chi connectivity index (χ1) is 16.2. The minimum atomic E-state index is -1.01. The fourth-order valence-electron chi connectivity index (χ4n) is 4.52. The summed E-state index contributed by atoms with van der Waals surface area (Å²) in [5, 5.41) is 16.5. The van der Waals surface area contributed by atoms with Crippen LogP contribution in [0.15, 0.2) is 42.5 Å². The van der Waals surface area contributed by atoms with E-state index in [1.807, 2.05) is 19.1 Å². The summed E-state index contributed by atoms with van der Waals surface area (Å²) >= 11 is 0. The van der Waals surface area contributed by atoms with Crippen LogP contribution in [0.3, 0.4) is 0 Å². The predicted molar refractivity (Wildman–Crippen MR) is 133 cm³/mol. The lowest BCUT2D eigenvalue weighted by Gasteiger charge is -2.33. The van der Waals surface area contributed by atoms with Gasteiger partial charge in [-0.3, -0.25) is 14.9 Å². The fourth-order valence-corrected chi connectivity index (χ4v) is 4.52. The summed E-state index contributed by atoms with van der Waals surface area (Å²) in [6, 6.07) is 11.7. The maximum absolute atomic E-state index is 13.2. The first-order valence-corrected chi connectivity index (χ1v) is 12.0. The molecule has 1 aliphatic rings. The smallest absolute Gasteiger partial charge is 0.181 e. The van der Waals surface area contributed by atoms with E-state index < -0.39 is 6.35 Å². The maximum atomic E-state index is 13.2. The van der Waals surface area contributed by atoms with E-state index in [9.17, 15) is 19.1 Å². The highest BCUT2D eigenvalue weighted by Gasteiger charge is 2.21. The van der Waals surface area contributed by atoms with Crippen LogP contribution in [-0.2, 0) is 6.42 Å². The monoisotopic (exact) mass is 469 g/mol. The number of benzene rings is 2. The van der Waals surface area contributed by atoms with Gasteiger partial charge in [0, 0.05) is 29.4 Å². The Kier molecular flexibility index (Phi) is 9.33. The molecule has 0 aromatic heterocycles. The summed E-state index contributed by atoms with van der Waals surface area (Å²) in [5.74, 6) is 0.0965. The molecule has 0 amide bonds. The quantitative estimate of drug-likeness (QED) is 0.337. The van der Waals surface area contributed by atoms with Crippen LogP contribution in [0.5, 0.6) is 0 Å². The minimum absolute atomic E-state index is 0.0586. The van der Waals surface area contributed by atoms with Crippen molar-refractivity contribution in [2.45, 2.75) is 58.8 Å². The second-order valence-electron chi connectivity index (χ2n) is 9.45. The first-order valence-electron chi connectivity index (χ1n) is 12.0. The molecule has 1 heterocycles. The van der Waals surface area contributed by atoms with Gasteiger partial charge >= 0.3 is 0 Å². The number of ketones is 2. The lowest BCUT2D eigenvalue weighted by molar-refractivity contribution is 0.101. The van der Waals surface area contributed by atoms with Crippen LogP contribution in [-0.4, -0.2) is 53.6 Å². The standard InChI is InChI=1S/C27H36FN3O3/c1-18(29-27(34)30-26-15-23(19(2)32)14-24(16-26)20(3)33)10-12-31-11-4-5-22(17-31)13-21-6-8-25(28)9-7-21/h6-9,14-16,18,22,27,29-30,34H,4-5,10-13,17H2,1-3H3/t18-,22+,27?/m1/s1. The third kappa shape index (κ3) is 8.01. The second kappa shape index (κ2) is 12.2. The number of anilines is 1. The van der Waals surface area contributed by atoms with E-state index in [0.717, 1.165) is 38.9 Å². The molecule has 1 saturated heterocycles. The van der Waals surface area contributed by atoms with Crippen molar-refractivity contribution in [3.05, 3.63) is 65.0 Å². The summed E-state index contributed by atoms with van der Waals surface area (Å²) in [5.41, 5.74) is 2.55. The van der Waals surface area contributed by atoms with Crippen LogP contribution in [0, 0.1) is 11.7 Å². The van der Waals surface area contributed by atoms with Gasteiger partial charge in [-0.15, -0.1) is 0 Å². The van der Waals surface area contributed by atoms with Gasteiger partial charge in [-0.25, -0.2) is 4.39 Å². The van der Waals surface area contributed by atoms with E-state index in [-0.39, 0.29) is 23.4 Å². The van der Waals surface area contributed by atoms with E-state index in [1.165, 1.54) is 38.0 Å². The molecule has 0 saturated carbocycles. The van der Waals surface area contributed by atoms with Crippen LogP contribution in [0.2, 0.25) is 0 Å². The molecular weight excluding hydrogens is 433 g/mol. The van der Waals surface area contributed by atoms with Gasteiger partial charge in [0.05, 0.1) is 0 Å². The van der Waals surface area contributed by atoms with E-state index in [4.69, 9.17) is 0 Å². The van der Waals surface area contributed by atoms with E-state index >= 15 is 0 Å². The number of likely N-dealkylation sites (tertiary alicyclic amines) is 1. The van der Waals surface area contributed by atoms with E-state index in [1.54, 1.807) is 18.2 Å². The van der Waals surface area contributed by atoms with Crippen molar-refractivity contribution in [1.82, 2.24) is 10.2 Å². The zero-order valence-corrected chi connectivity index (χ0v) is 20.3. The number of Topliss-reactive ketones (excluding diaryl/α,β-unsaturated/α-hetero) is 2. The van der Waals surface area contributed by atoms with Crippen molar-refractivity contribution in [3.63, 3.8) is 0 Å². The number of aliphatic hydroxyl groups is 1. The Morgan fingerprint density at radius 1 is 1.12 bits per heavy atom. The molecule has 3 rings (SSSR count). The van der Waals surface area contributed by atoms with Gasteiger partial charge in [0.25, 0.3) is 0 Å². The van der Waals surface area contributed by atoms with E-state index in [0.29, 0.717) is 22.7 Å². The molecule has 0 bridgehead atoms. The highest BCUT2D eigenvalue weighted by molar-refractivity contribution is 6.01. The van der Waals surface area contributed by atoms with Crippen molar-refractivity contribution in [2.24, 2.45) is 5.92 Å². The number of hydrogen-bond donors (Lipinski definition) is 3. The minimum Gasteiger partial charge on any atom is -0.361 e. The summed E-state index contributed by atoms with van der Waals surface area (Å²) in [6.45, 7) is 7.94. The van der Waals surface area contributed by atoms with Gasteiger partial charge in [0.15, 0.2) is 17.9 Å². The molecule has 6 nitrogen and oxygen atoms in total. The molecule has 0 radical (unpaired) electrons. The number of nitrogens with zero attached hydrogens (tertiary/aromatic N) is 1. The third-order valence-electron chi connectivity index (χ3n) is 6.41. The van der Waals surface area contributed by atoms with Crippen molar-refractivity contribution >= 4 is 17.3 Å². The van der Waals surface area contributed by atoms with Crippen molar-refractivity contribution in [2.75, 3.05) is 25.0 Å². The summed E-state index contributed by atoms with van der Waals surface area (Å²) in [4.78, 5) is 26.0. The van der Waals surface area contributed by atoms with Gasteiger partial charge in [0.2, 0.25) is 0 Å². The number of hydrogen-bond acceptors (Lipinski definition) is 6. The van der Waals surface area contributed by atoms with Crippen LogP contribution in [0.25, 0.3) is 0 Å².